The van der Waals surface area contributed by atoms with Crippen molar-refractivity contribution >= 4 is 68.0 Å². The largest absolute Gasteiger partial charge is 0.329 e. The minimum absolute atomic E-state index is 0.122. The van der Waals surface area contributed by atoms with Gasteiger partial charge in [-0.2, -0.15) is 5.10 Å². The molecule has 0 fully saturated rings. The van der Waals surface area contributed by atoms with Gasteiger partial charge < -0.3 is 5.32 Å². The monoisotopic (exact) mass is 469 g/mol. The number of pyridine rings is 1. The lowest BCUT2D eigenvalue weighted by Crippen LogP contribution is -2.18. The first-order chi connectivity index (χ1) is 12.4. The van der Waals surface area contributed by atoms with Crippen molar-refractivity contribution in [2.75, 3.05) is 5.32 Å². The van der Waals surface area contributed by atoms with Crippen molar-refractivity contribution in [3.05, 3.63) is 73.3 Å². The van der Waals surface area contributed by atoms with Gasteiger partial charge in [0.1, 0.15) is 10.3 Å². The highest BCUT2D eigenvalue weighted by atomic mass is 79.9. The van der Waals surface area contributed by atoms with Crippen molar-refractivity contribution in [2.45, 2.75) is 0 Å². The molecular weight excluding hydrogens is 464 g/mol. The molecule has 6 nitrogen and oxygen atoms in total. The first-order valence-electron chi connectivity index (χ1n) is 6.95. The molecule has 26 heavy (non-hydrogen) atoms. The fraction of sp³-hybridized carbons (Fsp3) is 0. The lowest BCUT2D eigenvalue weighted by molar-refractivity contribution is 0.101. The van der Waals surface area contributed by atoms with Crippen molar-refractivity contribution in [3.63, 3.8) is 0 Å². The third-order valence-corrected chi connectivity index (χ3v) is 4.44. The third-order valence-electron chi connectivity index (χ3n) is 3.25. The zero-order valence-corrected chi connectivity index (χ0v) is 16.5. The summed E-state index contributed by atoms with van der Waals surface area (Å²) in [6.07, 6.45) is 1.53. The van der Waals surface area contributed by atoms with E-state index in [0.717, 1.165) is 0 Å². The number of benzene rings is 1. The Hall–Kier alpha value is -2.11. The zero-order chi connectivity index (χ0) is 18.8. The Labute approximate surface area is 171 Å². The summed E-state index contributed by atoms with van der Waals surface area (Å²) in [5.74, 6) is -0.253. The maximum atomic E-state index is 12.8. The van der Waals surface area contributed by atoms with Crippen molar-refractivity contribution in [3.8, 4) is 5.82 Å². The van der Waals surface area contributed by atoms with E-state index in [9.17, 15) is 4.79 Å². The van der Waals surface area contributed by atoms with Crippen molar-refractivity contribution in [1.29, 1.82) is 0 Å². The van der Waals surface area contributed by atoms with Crippen LogP contribution in [0.15, 0.2) is 41.1 Å². The van der Waals surface area contributed by atoms with Crippen LogP contribution in [0.2, 0.25) is 15.1 Å². The summed E-state index contributed by atoms with van der Waals surface area (Å²) >= 11 is 21.4. The molecule has 2 heterocycles. The maximum Gasteiger partial charge on any atom is 0.273 e. The van der Waals surface area contributed by atoms with Gasteiger partial charge >= 0.3 is 0 Å². The van der Waals surface area contributed by atoms with Crippen LogP contribution in [0.5, 0.6) is 0 Å². The average Bonchev–Trinajstić information content (AvgIpc) is 2.99. The second-order valence-electron chi connectivity index (χ2n) is 4.92. The van der Waals surface area contributed by atoms with Crippen LogP contribution >= 0.6 is 50.7 Å². The molecule has 0 aliphatic heterocycles. The summed E-state index contributed by atoms with van der Waals surface area (Å²) in [5, 5.41) is 7.59. The van der Waals surface area contributed by atoms with Gasteiger partial charge in [-0.25, -0.2) is 14.5 Å². The predicted molar refractivity (Wildman–Crippen MR) is 105 cm³/mol. The van der Waals surface area contributed by atoms with Gasteiger partial charge in [-0.15, -0.1) is 0 Å². The number of nitrogens with zero attached hydrogens (tertiary/aromatic N) is 4. The van der Waals surface area contributed by atoms with Crippen LogP contribution in [0, 0.1) is 6.57 Å². The van der Waals surface area contributed by atoms with E-state index in [-0.39, 0.29) is 27.9 Å². The number of rotatable bonds is 3. The molecule has 0 unspecified atom stereocenters. The Morgan fingerprint density at radius 2 is 2.00 bits per heavy atom. The van der Waals surface area contributed by atoms with E-state index in [4.69, 9.17) is 41.4 Å². The Balaban J connectivity index is 2.04. The number of carbonyl (C=O) groups excluding carboxylic acids is 1. The first-order valence-corrected chi connectivity index (χ1v) is 8.87. The van der Waals surface area contributed by atoms with Gasteiger partial charge in [0.05, 0.1) is 22.3 Å². The molecule has 1 N–H and O–H groups in total. The summed E-state index contributed by atoms with van der Waals surface area (Å²) in [5.41, 5.74) is 0.434. The molecule has 0 saturated carbocycles. The summed E-state index contributed by atoms with van der Waals surface area (Å²) < 4.78 is 1.71. The smallest absolute Gasteiger partial charge is 0.273 e. The molecule has 1 amide bonds. The zero-order valence-electron chi connectivity index (χ0n) is 12.7. The average molecular weight is 472 g/mol. The van der Waals surface area contributed by atoms with E-state index in [1.165, 1.54) is 29.1 Å². The summed E-state index contributed by atoms with van der Waals surface area (Å²) in [6, 6.07) is 7.66. The van der Waals surface area contributed by atoms with Crippen LogP contribution < -0.4 is 5.32 Å². The Kier molecular flexibility index (Phi) is 5.49. The van der Waals surface area contributed by atoms with Gasteiger partial charge in [0.2, 0.25) is 5.69 Å². The van der Waals surface area contributed by atoms with Gasteiger partial charge in [0.25, 0.3) is 5.91 Å². The number of nitrogens with one attached hydrogen (secondary N) is 1. The fourth-order valence-electron chi connectivity index (χ4n) is 2.16. The molecule has 1 aromatic carbocycles. The van der Waals surface area contributed by atoms with Crippen LogP contribution in [-0.2, 0) is 0 Å². The van der Waals surface area contributed by atoms with E-state index in [0.29, 0.717) is 14.6 Å². The minimum atomic E-state index is -0.543. The van der Waals surface area contributed by atoms with Gasteiger partial charge in [0.15, 0.2) is 5.82 Å². The molecule has 0 saturated heterocycles. The highest BCUT2D eigenvalue weighted by Gasteiger charge is 2.21. The van der Waals surface area contributed by atoms with E-state index in [1.807, 2.05) is 0 Å². The highest BCUT2D eigenvalue weighted by Crippen LogP contribution is 2.36. The van der Waals surface area contributed by atoms with Crippen LogP contribution in [-0.4, -0.2) is 20.7 Å². The number of halogens is 4. The highest BCUT2D eigenvalue weighted by molar-refractivity contribution is 9.10. The van der Waals surface area contributed by atoms with Gasteiger partial charge in [-0.05, 0) is 40.2 Å². The standard InChI is InChI=1S/C16H7BrCl3N5O/c1-21-11-6-8(18)5-10(20)14(11)23-16(26)12-7-13(17)24-25(12)15-9(19)3-2-4-22-15/h2-7H,(H,23,26). The Morgan fingerprint density at radius 1 is 1.23 bits per heavy atom. The fourth-order valence-corrected chi connectivity index (χ4v) is 3.27. The van der Waals surface area contributed by atoms with Crippen LogP contribution in [0.25, 0.3) is 10.7 Å². The normalized spacial score (nSPS) is 10.4. The number of hydrogen-bond acceptors (Lipinski definition) is 3. The van der Waals surface area contributed by atoms with Crippen molar-refractivity contribution < 1.29 is 4.79 Å². The number of amides is 1. The van der Waals surface area contributed by atoms with E-state index >= 15 is 0 Å². The van der Waals surface area contributed by atoms with E-state index < -0.39 is 5.91 Å². The topological polar surface area (TPSA) is 64.2 Å². The van der Waals surface area contributed by atoms with Gasteiger partial charge in [-0.1, -0.05) is 34.8 Å². The predicted octanol–water partition coefficient (Wildman–Crippen LogP) is 5.79. The van der Waals surface area contributed by atoms with Gasteiger partial charge in [-0.3, -0.25) is 4.79 Å². The first kappa shape index (κ1) is 18.7. The van der Waals surface area contributed by atoms with Crippen molar-refractivity contribution in [2.24, 2.45) is 0 Å². The summed E-state index contributed by atoms with van der Waals surface area (Å²) in [6.45, 7) is 7.24. The lowest BCUT2D eigenvalue weighted by atomic mass is 10.2. The van der Waals surface area contributed by atoms with Crippen LogP contribution in [0.1, 0.15) is 10.5 Å². The van der Waals surface area contributed by atoms with E-state index in [1.54, 1.807) is 12.1 Å². The molecule has 0 radical (unpaired) electrons. The number of aromatic nitrogens is 3. The van der Waals surface area contributed by atoms with Crippen LogP contribution in [0.4, 0.5) is 11.4 Å². The quantitative estimate of drug-likeness (QED) is 0.492. The Bertz CT molecular complexity index is 1060. The molecule has 3 rings (SSSR count). The third kappa shape index (κ3) is 3.69. The summed E-state index contributed by atoms with van der Waals surface area (Å²) in [4.78, 5) is 20.3. The van der Waals surface area contributed by atoms with Crippen molar-refractivity contribution in [1.82, 2.24) is 14.8 Å². The number of hydrogen-bond donors (Lipinski definition) is 1. The molecule has 130 valence electrons. The second-order valence-corrected chi connectivity index (χ2v) is 6.98. The maximum absolute atomic E-state index is 12.8. The Morgan fingerprint density at radius 3 is 2.69 bits per heavy atom. The molecule has 10 heteroatoms. The minimum Gasteiger partial charge on any atom is -0.329 e. The summed E-state index contributed by atoms with van der Waals surface area (Å²) in [7, 11) is 0. The molecule has 0 aliphatic rings. The molecule has 0 aliphatic carbocycles. The van der Waals surface area contributed by atoms with E-state index in [2.05, 4.69) is 36.2 Å². The molecule has 0 bridgehead atoms. The molecular formula is C16H7BrCl3N5O. The van der Waals surface area contributed by atoms with Crippen LogP contribution in [0.3, 0.4) is 0 Å². The molecule has 2 aromatic heterocycles. The second kappa shape index (κ2) is 7.64. The molecule has 0 atom stereocenters. The number of carbonyl (C=O) groups is 1. The van der Waals surface area contributed by atoms with Gasteiger partial charge in [0, 0.05) is 17.3 Å². The lowest BCUT2D eigenvalue weighted by Gasteiger charge is -2.11. The molecule has 0 spiro atoms. The number of anilines is 1. The SMILES string of the molecule is [C-]#[N+]c1cc(Cl)cc(Cl)c1NC(=O)c1cc(Br)nn1-c1ncccc1Cl. The molecule has 3 aromatic rings.